The standard InChI is InChI=1S/C7H20N2O2Si/c1-10-12(11-2)6-4-7(9)3-5-8/h7,12H,3-6,8-9H2,1-2H3. The Hall–Kier alpha value is 0.0569. The summed E-state index contributed by atoms with van der Waals surface area (Å²) in [6, 6.07) is 1.17. The topological polar surface area (TPSA) is 70.5 Å². The van der Waals surface area contributed by atoms with Crippen molar-refractivity contribution in [1.29, 1.82) is 0 Å². The number of hydrogen-bond acceptors (Lipinski definition) is 4. The normalized spacial score (nSPS) is 13.8. The van der Waals surface area contributed by atoms with Crippen LogP contribution in [0.3, 0.4) is 0 Å². The van der Waals surface area contributed by atoms with E-state index in [2.05, 4.69) is 0 Å². The molecule has 0 aliphatic carbocycles. The lowest BCUT2D eigenvalue weighted by Gasteiger charge is -2.14. The minimum atomic E-state index is -1.39. The molecule has 0 amide bonds. The maximum atomic E-state index is 5.77. The van der Waals surface area contributed by atoms with E-state index in [9.17, 15) is 0 Å². The van der Waals surface area contributed by atoms with Gasteiger partial charge >= 0.3 is 9.28 Å². The van der Waals surface area contributed by atoms with E-state index < -0.39 is 9.28 Å². The molecule has 0 aliphatic rings. The van der Waals surface area contributed by atoms with Crippen molar-refractivity contribution in [3.05, 3.63) is 0 Å². The third kappa shape index (κ3) is 5.67. The van der Waals surface area contributed by atoms with Gasteiger partial charge in [0.1, 0.15) is 0 Å². The van der Waals surface area contributed by atoms with Gasteiger partial charge in [0.2, 0.25) is 0 Å². The number of nitrogens with two attached hydrogens (primary N) is 2. The van der Waals surface area contributed by atoms with Gasteiger partial charge in [-0.2, -0.15) is 0 Å². The van der Waals surface area contributed by atoms with Gasteiger partial charge in [-0.15, -0.1) is 0 Å². The Bertz CT molecular complexity index is 101. The Morgan fingerprint density at radius 3 is 2.25 bits per heavy atom. The maximum absolute atomic E-state index is 5.77. The fourth-order valence-electron chi connectivity index (χ4n) is 1.04. The number of hydrogen-bond donors (Lipinski definition) is 2. The minimum Gasteiger partial charge on any atom is -0.400 e. The molecule has 4 nitrogen and oxygen atoms in total. The van der Waals surface area contributed by atoms with E-state index in [1.807, 2.05) is 0 Å². The first-order valence-corrected chi connectivity index (χ1v) is 6.01. The first-order chi connectivity index (χ1) is 5.74. The van der Waals surface area contributed by atoms with Crippen LogP contribution >= 0.6 is 0 Å². The monoisotopic (exact) mass is 192 g/mol. The van der Waals surface area contributed by atoms with Gasteiger partial charge in [0.15, 0.2) is 0 Å². The van der Waals surface area contributed by atoms with E-state index in [0.717, 1.165) is 18.9 Å². The predicted octanol–water partition coefficient (Wildman–Crippen LogP) is -0.434. The molecule has 1 unspecified atom stereocenters. The van der Waals surface area contributed by atoms with Crippen molar-refractivity contribution in [2.75, 3.05) is 20.8 Å². The molecule has 0 fully saturated rings. The molecule has 0 aromatic carbocycles. The lowest BCUT2D eigenvalue weighted by molar-refractivity contribution is 0.275. The van der Waals surface area contributed by atoms with Crippen molar-refractivity contribution in [2.45, 2.75) is 24.9 Å². The predicted molar refractivity (Wildman–Crippen MR) is 52.2 cm³/mol. The highest BCUT2D eigenvalue weighted by molar-refractivity contribution is 6.44. The van der Waals surface area contributed by atoms with Crippen molar-refractivity contribution >= 4 is 9.28 Å². The Labute approximate surface area is 76.1 Å². The van der Waals surface area contributed by atoms with Crippen molar-refractivity contribution in [2.24, 2.45) is 11.5 Å². The molecule has 0 radical (unpaired) electrons. The van der Waals surface area contributed by atoms with Crippen molar-refractivity contribution in [3.8, 4) is 0 Å². The summed E-state index contributed by atoms with van der Waals surface area (Å²) >= 11 is 0. The summed E-state index contributed by atoms with van der Waals surface area (Å²) in [6.45, 7) is 0.660. The van der Waals surface area contributed by atoms with E-state index in [-0.39, 0.29) is 6.04 Å². The summed E-state index contributed by atoms with van der Waals surface area (Å²) in [7, 11) is 1.98. The smallest absolute Gasteiger partial charge is 0.320 e. The summed E-state index contributed by atoms with van der Waals surface area (Å²) < 4.78 is 10.3. The molecule has 5 heteroatoms. The van der Waals surface area contributed by atoms with Crippen LogP contribution in [0.15, 0.2) is 0 Å². The highest BCUT2D eigenvalue weighted by Crippen LogP contribution is 2.03. The largest absolute Gasteiger partial charge is 0.400 e. The molecule has 0 aliphatic heterocycles. The lowest BCUT2D eigenvalue weighted by atomic mass is 10.2. The van der Waals surface area contributed by atoms with Crippen LogP contribution in [-0.2, 0) is 8.85 Å². The molecule has 0 heterocycles. The molecule has 4 N–H and O–H groups in total. The SMILES string of the molecule is CO[SiH](CCC(N)CCN)OC. The van der Waals surface area contributed by atoms with E-state index in [1.165, 1.54) is 0 Å². The lowest BCUT2D eigenvalue weighted by Crippen LogP contribution is -2.27. The molecule has 12 heavy (non-hydrogen) atoms. The average Bonchev–Trinajstić information content (AvgIpc) is 2.07. The van der Waals surface area contributed by atoms with Gasteiger partial charge in [0.25, 0.3) is 0 Å². The summed E-state index contributed by atoms with van der Waals surface area (Å²) in [6.07, 6.45) is 1.84. The third-order valence-corrected chi connectivity index (χ3v) is 3.69. The van der Waals surface area contributed by atoms with Crippen LogP contribution in [0.1, 0.15) is 12.8 Å². The van der Waals surface area contributed by atoms with E-state index in [4.69, 9.17) is 20.3 Å². The highest BCUT2D eigenvalue weighted by Gasteiger charge is 2.11. The highest BCUT2D eigenvalue weighted by atomic mass is 28.3. The fourth-order valence-corrected chi connectivity index (χ4v) is 2.40. The summed E-state index contributed by atoms with van der Waals surface area (Å²) in [5.74, 6) is 0. The molecule has 1 atom stereocenters. The van der Waals surface area contributed by atoms with Crippen LogP contribution in [0.2, 0.25) is 6.04 Å². The van der Waals surface area contributed by atoms with Crippen molar-refractivity contribution < 1.29 is 8.85 Å². The Kier molecular flexibility index (Phi) is 7.73. The van der Waals surface area contributed by atoms with Crippen molar-refractivity contribution in [3.63, 3.8) is 0 Å². The Morgan fingerprint density at radius 1 is 1.25 bits per heavy atom. The van der Waals surface area contributed by atoms with Crippen LogP contribution in [0, 0.1) is 0 Å². The zero-order chi connectivity index (χ0) is 9.40. The molecule has 0 bridgehead atoms. The van der Waals surface area contributed by atoms with Crippen molar-refractivity contribution in [1.82, 2.24) is 0 Å². The van der Waals surface area contributed by atoms with Gasteiger partial charge in [-0.3, -0.25) is 0 Å². The molecule has 0 saturated carbocycles. The van der Waals surface area contributed by atoms with Gasteiger partial charge < -0.3 is 20.3 Å². The first kappa shape index (κ1) is 12.1. The zero-order valence-electron chi connectivity index (χ0n) is 7.95. The number of rotatable bonds is 7. The van der Waals surface area contributed by atoms with Crippen LogP contribution in [0.5, 0.6) is 0 Å². The van der Waals surface area contributed by atoms with Crippen LogP contribution < -0.4 is 11.5 Å². The summed E-state index contributed by atoms with van der Waals surface area (Å²) in [4.78, 5) is 0. The molecule has 0 aromatic rings. The second-order valence-electron chi connectivity index (χ2n) is 2.82. The van der Waals surface area contributed by atoms with Gasteiger partial charge in [-0.25, -0.2) is 0 Å². The molecule has 0 spiro atoms. The van der Waals surface area contributed by atoms with Gasteiger partial charge in [0, 0.05) is 20.3 Å². The maximum Gasteiger partial charge on any atom is 0.320 e. The molecule has 0 aromatic heterocycles. The second kappa shape index (κ2) is 7.69. The quantitative estimate of drug-likeness (QED) is 0.537. The fraction of sp³-hybridized carbons (Fsp3) is 1.00. The summed E-state index contributed by atoms with van der Waals surface area (Å²) in [5, 5.41) is 0. The van der Waals surface area contributed by atoms with E-state index in [1.54, 1.807) is 14.2 Å². The van der Waals surface area contributed by atoms with Gasteiger partial charge in [0.05, 0.1) is 0 Å². The minimum absolute atomic E-state index is 0.204. The first-order valence-electron chi connectivity index (χ1n) is 4.25. The van der Waals surface area contributed by atoms with Gasteiger partial charge in [-0.1, -0.05) is 0 Å². The van der Waals surface area contributed by atoms with Crippen LogP contribution in [-0.4, -0.2) is 36.1 Å². The third-order valence-electron chi connectivity index (χ3n) is 1.84. The van der Waals surface area contributed by atoms with Crippen LogP contribution in [0.4, 0.5) is 0 Å². The molecular weight excluding hydrogens is 172 g/mol. The van der Waals surface area contributed by atoms with Crippen LogP contribution in [0.25, 0.3) is 0 Å². The average molecular weight is 192 g/mol. The van der Waals surface area contributed by atoms with Gasteiger partial charge in [-0.05, 0) is 25.4 Å². The Morgan fingerprint density at radius 2 is 1.83 bits per heavy atom. The van der Waals surface area contributed by atoms with E-state index >= 15 is 0 Å². The summed E-state index contributed by atoms with van der Waals surface area (Å²) in [5.41, 5.74) is 11.1. The Balaban J connectivity index is 3.37. The van der Waals surface area contributed by atoms with E-state index in [0.29, 0.717) is 6.54 Å². The molecule has 0 rings (SSSR count). The molecular formula is C7H20N2O2Si. The molecule has 0 saturated heterocycles. The second-order valence-corrected chi connectivity index (χ2v) is 5.20. The zero-order valence-corrected chi connectivity index (χ0v) is 9.11. The molecule has 74 valence electrons.